The molecule has 0 saturated carbocycles. The number of imidazole rings is 1. The zero-order chi connectivity index (χ0) is 21.1. The number of benzene rings is 2. The van der Waals surface area contributed by atoms with Crippen molar-refractivity contribution in [1.29, 1.82) is 0 Å². The maximum atomic E-state index is 13.4. The Balaban J connectivity index is 1.63. The molecule has 2 heterocycles. The Hall–Kier alpha value is -3.00. The third kappa shape index (κ3) is 4.28. The number of hydrogen-bond acceptors (Lipinski definition) is 4. The maximum absolute atomic E-state index is 13.4. The fraction of sp³-hybridized carbons (Fsp3) is 0.364. The number of carbonyl (C=O) groups excluding carboxylic acids is 1. The van der Waals surface area contributed by atoms with E-state index in [1.54, 1.807) is 30.2 Å². The Bertz CT molecular complexity index is 1030. The van der Waals surface area contributed by atoms with Crippen LogP contribution in [-0.2, 0) is 11.3 Å². The Kier molecular flexibility index (Phi) is 5.94. The summed E-state index contributed by atoms with van der Waals surface area (Å²) in [4.78, 5) is 21.5. The molecule has 0 aliphatic carbocycles. The van der Waals surface area contributed by atoms with Gasteiger partial charge >= 0.3 is 0 Å². The van der Waals surface area contributed by atoms with Gasteiger partial charge in [0.25, 0.3) is 12.3 Å². The molecular formula is C22H23F2N3O3. The molecule has 1 aliphatic rings. The molecule has 1 unspecified atom stereocenters. The molecule has 0 spiro atoms. The third-order valence-corrected chi connectivity index (χ3v) is 5.24. The van der Waals surface area contributed by atoms with E-state index in [4.69, 9.17) is 9.47 Å². The molecule has 1 saturated heterocycles. The summed E-state index contributed by atoms with van der Waals surface area (Å²) >= 11 is 0. The molecule has 3 aromatic rings. The first-order valence-corrected chi connectivity index (χ1v) is 9.85. The molecule has 2 aromatic carbocycles. The number of fused-ring (bicyclic) bond motifs is 1. The molecule has 1 N–H and O–H groups in total. The molecule has 1 amide bonds. The molecule has 0 bridgehead atoms. The van der Waals surface area contributed by atoms with E-state index in [1.807, 2.05) is 24.3 Å². The van der Waals surface area contributed by atoms with Crippen molar-refractivity contribution in [3.05, 3.63) is 59.4 Å². The van der Waals surface area contributed by atoms with Gasteiger partial charge in [-0.15, -0.1) is 0 Å². The molecule has 158 valence electrons. The number of aromatic amines is 1. The van der Waals surface area contributed by atoms with Crippen molar-refractivity contribution in [1.82, 2.24) is 14.9 Å². The molecule has 30 heavy (non-hydrogen) atoms. The predicted octanol–water partition coefficient (Wildman–Crippen LogP) is 4.33. The Labute approximate surface area is 172 Å². The summed E-state index contributed by atoms with van der Waals surface area (Å²) < 4.78 is 37.0. The number of H-pyrrole nitrogens is 1. The molecule has 0 radical (unpaired) electrons. The number of nitrogens with zero attached hydrogens (tertiary/aromatic N) is 2. The lowest BCUT2D eigenvalue weighted by Crippen LogP contribution is -2.37. The summed E-state index contributed by atoms with van der Waals surface area (Å²) in [5.41, 5.74) is 2.09. The molecule has 1 aliphatic heterocycles. The minimum atomic E-state index is -2.70. The summed E-state index contributed by atoms with van der Waals surface area (Å²) in [7, 11) is 1.60. The van der Waals surface area contributed by atoms with Gasteiger partial charge in [-0.2, -0.15) is 0 Å². The van der Waals surface area contributed by atoms with E-state index in [0.29, 0.717) is 42.0 Å². The van der Waals surface area contributed by atoms with Gasteiger partial charge in [0.05, 0.1) is 24.2 Å². The number of aromatic nitrogens is 2. The van der Waals surface area contributed by atoms with Crippen LogP contribution in [0.5, 0.6) is 5.75 Å². The van der Waals surface area contributed by atoms with Crippen LogP contribution in [0.15, 0.2) is 42.5 Å². The van der Waals surface area contributed by atoms with Gasteiger partial charge in [-0.1, -0.05) is 18.2 Å². The summed E-state index contributed by atoms with van der Waals surface area (Å²) in [5.74, 6) is 0.0968. The van der Waals surface area contributed by atoms with Crippen LogP contribution >= 0.6 is 0 Å². The minimum Gasteiger partial charge on any atom is -0.496 e. The van der Waals surface area contributed by atoms with Crippen molar-refractivity contribution >= 4 is 16.9 Å². The van der Waals surface area contributed by atoms with Gasteiger partial charge in [0.15, 0.2) is 5.82 Å². The lowest BCUT2D eigenvalue weighted by atomic mass is 10.1. The predicted molar refractivity (Wildman–Crippen MR) is 108 cm³/mol. The van der Waals surface area contributed by atoms with Crippen molar-refractivity contribution in [3.8, 4) is 5.75 Å². The van der Waals surface area contributed by atoms with Crippen LogP contribution < -0.4 is 4.74 Å². The summed E-state index contributed by atoms with van der Waals surface area (Å²) in [5, 5.41) is 0. The first kappa shape index (κ1) is 20.3. The molecular weight excluding hydrogens is 392 g/mol. The normalized spacial score (nSPS) is 16.3. The molecule has 1 atom stereocenters. The Morgan fingerprint density at radius 1 is 1.33 bits per heavy atom. The van der Waals surface area contributed by atoms with Gasteiger partial charge < -0.3 is 19.4 Å². The van der Waals surface area contributed by atoms with Crippen molar-refractivity contribution < 1.29 is 23.0 Å². The van der Waals surface area contributed by atoms with Gasteiger partial charge in [0.1, 0.15) is 5.75 Å². The van der Waals surface area contributed by atoms with E-state index < -0.39 is 12.2 Å². The Morgan fingerprint density at radius 2 is 2.17 bits per heavy atom. The highest BCUT2D eigenvalue weighted by Crippen LogP contribution is 2.24. The maximum Gasteiger partial charge on any atom is 0.295 e. The number of nitrogens with one attached hydrogen (secondary N) is 1. The minimum absolute atomic E-state index is 0.0232. The van der Waals surface area contributed by atoms with Crippen LogP contribution in [0, 0.1) is 0 Å². The van der Waals surface area contributed by atoms with E-state index in [1.165, 1.54) is 0 Å². The quantitative estimate of drug-likeness (QED) is 0.624. The van der Waals surface area contributed by atoms with Crippen LogP contribution in [-0.4, -0.2) is 47.1 Å². The van der Waals surface area contributed by atoms with Crippen LogP contribution in [0.25, 0.3) is 11.0 Å². The number of ether oxygens (including phenoxy) is 2. The second-order valence-corrected chi connectivity index (χ2v) is 7.29. The largest absolute Gasteiger partial charge is 0.496 e. The van der Waals surface area contributed by atoms with Crippen LogP contribution in [0.3, 0.4) is 0 Å². The first-order valence-electron chi connectivity index (χ1n) is 9.85. The second-order valence-electron chi connectivity index (χ2n) is 7.29. The standard InChI is InChI=1S/C22H23F2N3O3/c1-29-19-7-3-2-5-15(19)12-27(13-16-6-4-10-30-16)22(28)14-8-9-17-18(11-14)26-21(25-17)20(23)24/h2-3,5,7-9,11,16,20H,4,6,10,12-13H2,1H3,(H,25,26). The number of hydrogen-bond donors (Lipinski definition) is 1. The number of carbonyl (C=O) groups is 1. The molecule has 4 rings (SSSR count). The smallest absolute Gasteiger partial charge is 0.295 e. The van der Waals surface area contributed by atoms with E-state index in [9.17, 15) is 13.6 Å². The van der Waals surface area contributed by atoms with Crippen molar-refractivity contribution in [2.45, 2.75) is 31.9 Å². The van der Waals surface area contributed by atoms with Crippen molar-refractivity contribution in [2.24, 2.45) is 0 Å². The van der Waals surface area contributed by atoms with Gasteiger partial charge in [-0.3, -0.25) is 4.79 Å². The van der Waals surface area contributed by atoms with Crippen LogP contribution in [0.1, 0.15) is 41.0 Å². The number of halogens is 2. The monoisotopic (exact) mass is 415 g/mol. The number of alkyl halides is 2. The summed E-state index contributed by atoms with van der Waals surface area (Å²) in [6.07, 6.45) is -0.853. The van der Waals surface area contributed by atoms with E-state index in [2.05, 4.69) is 9.97 Å². The lowest BCUT2D eigenvalue weighted by Gasteiger charge is -2.26. The number of para-hydroxylation sites is 1. The average molecular weight is 415 g/mol. The fourth-order valence-electron chi connectivity index (χ4n) is 3.74. The molecule has 6 nitrogen and oxygen atoms in total. The topological polar surface area (TPSA) is 67.5 Å². The number of methoxy groups -OCH3 is 1. The zero-order valence-corrected chi connectivity index (χ0v) is 16.6. The van der Waals surface area contributed by atoms with Gasteiger partial charge in [0.2, 0.25) is 0 Å². The fourth-order valence-corrected chi connectivity index (χ4v) is 3.74. The van der Waals surface area contributed by atoms with Crippen LogP contribution in [0.4, 0.5) is 8.78 Å². The first-order chi connectivity index (χ1) is 14.5. The number of rotatable bonds is 7. The van der Waals surface area contributed by atoms with Gasteiger partial charge in [-0.25, -0.2) is 13.8 Å². The highest BCUT2D eigenvalue weighted by atomic mass is 19.3. The highest BCUT2D eigenvalue weighted by Gasteiger charge is 2.25. The number of amides is 1. The van der Waals surface area contributed by atoms with Gasteiger partial charge in [0, 0.05) is 30.8 Å². The molecule has 1 fully saturated rings. The molecule has 1 aromatic heterocycles. The van der Waals surface area contributed by atoms with Crippen LogP contribution in [0.2, 0.25) is 0 Å². The van der Waals surface area contributed by atoms with Crippen molar-refractivity contribution in [3.63, 3.8) is 0 Å². The Morgan fingerprint density at radius 3 is 2.90 bits per heavy atom. The summed E-state index contributed by atoms with van der Waals surface area (Å²) in [6.45, 7) is 1.49. The van der Waals surface area contributed by atoms with E-state index in [0.717, 1.165) is 18.4 Å². The van der Waals surface area contributed by atoms with Gasteiger partial charge in [-0.05, 0) is 37.1 Å². The average Bonchev–Trinajstić information content (AvgIpc) is 3.42. The third-order valence-electron chi connectivity index (χ3n) is 5.24. The molecule has 8 heteroatoms. The summed E-state index contributed by atoms with van der Waals surface area (Å²) in [6, 6.07) is 12.3. The van der Waals surface area contributed by atoms with E-state index in [-0.39, 0.29) is 12.0 Å². The highest BCUT2D eigenvalue weighted by molar-refractivity contribution is 5.97. The zero-order valence-electron chi connectivity index (χ0n) is 16.6. The second kappa shape index (κ2) is 8.79. The van der Waals surface area contributed by atoms with Crippen molar-refractivity contribution in [2.75, 3.05) is 20.3 Å². The van der Waals surface area contributed by atoms with E-state index >= 15 is 0 Å². The lowest BCUT2D eigenvalue weighted by molar-refractivity contribution is 0.0506. The SMILES string of the molecule is COc1ccccc1CN(CC1CCCO1)C(=O)c1ccc2nc(C(F)F)[nH]c2c1.